The molecule has 1 aromatic rings. The van der Waals surface area contributed by atoms with E-state index in [4.69, 9.17) is 16.7 Å². The van der Waals surface area contributed by atoms with Crippen molar-refractivity contribution in [1.29, 1.82) is 0 Å². The van der Waals surface area contributed by atoms with E-state index < -0.39 is 21.9 Å². The van der Waals surface area contributed by atoms with Crippen molar-refractivity contribution in [2.75, 3.05) is 19.8 Å². The van der Waals surface area contributed by atoms with Gasteiger partial charge in [0.05, 0.1) is 15.8 Å². The zero-order valence-electron chi connectivity index (χ0n) is 11.3. The minimum absolute atomic E-state index is 0.0559. The summed E-state index contributed by atoms with van der Waals surface area (Å²) in [6.45, 7) is 1.36. The fourth-order valence-corrected chi connectivity index (χ4v) is 3.77. The Hall–Kier alpha value is -0.760. The molecule has 0 aliphatic heterocycles. The largest absolute Gasteiger partial charge is 0.481 e. The highest BCUT2D eigenvalue weighted by molar-refractivity contribution is 7.98. The van der Waals surface area contributed by atoms with Gasteiger partial charge < -0.3 is 5.11 Å². The Morgan fingerprint density at radius 2 is 2.10 bits per heavy atom. The lowest BCUT2D eigenvalue weighted by atomic mass is 10.2. The Morgan fingerprint density at radius 3 is 2.55 bits per heavy atom. The molecule has 0 amide bonds. The molecule has 0 spiro atoms. The maximum absolute atomic E-state index is 12.3. The van der Waals surface area contributed by atoms with E-state index in [1.807, 2.05) is 6.26 Å². The number of nitrogens with zero attached hydrogens (tertiary/aromatic N) is 1. The Kier molecular flexibility index (Phi) is 5.88. The number of thioether (sulfide) groups is 1. The lowest BCUT2D eigenvalue weighted by Gasteiger charge is -2.19. The molecule has 0 aliphatic rings. The van der Waals surface area contributed by atoms with Gasteiger partial charge in [-0.3, -0.25) is 4.79 Å². The molecule has 0 aliphatic carbocycles. The van der Waals surface area contributed by atoms with E-state index in [0.29, 0.717) is 5.02 Å². The van der Waals surface area contributed by atoms with Gasteiger partial charge in [-0.25, -0.2) is 12.7 Å². The molecule has 1 rings (SSSR count). The van der Waals surface area contributed by atoms with E-state index in [0.717, 1.165) is 9.20 Å². The van der Waals surface area contributed by atoms with Crippen molar-refractivity contribution >= 4 is 39.4 Å². The van der Waals surface area contributed by atoms with Gasteiger partial charge in [-0.2, -0.15) is 0 Å². The third-order valence-electron chi connectivity index (χ3n) is 2.78. The molecule has 1 N–H and O–H groups in total. The average Bonchev–Trinajstić information content (AvgIpc) is 2.38. The molecule has 8 heteroatoms. The van der Waals surface area contributed by atoms with Crippen molar-refractivity contribution < 1.29 is 18.3 Å². The Bertz CT molecular complexity index is 603. The standard InChI is InChI=1S/C12H16ClNO4S2/c1-8(12(15)16)7-14(2)20(17,18)9-4-5-11(19-3)10(13)6-9/h4-6,8H,7H2,1-3H3,(H,15,16). The zero-order chi connectivity index (χ0) is 15.5. The van der Waals surface area contributed by atoms with Gasteiger partial charge in [0, 0.05) is 18.5 Å². The number of benzene rings is 1. The van der Waals surface area contributed by atoms with Gasteiger partial charge >= 0.3 is 5.97 Å². The van der Waals surface area contributed by atoms with Gasteiger partial charge in [-0.1, -0.05) is 18.5 Å². The minimum atomic E-state index is -3.74. The highest BCUT2D eigenvalue weighted by Crippen LogP contribution is 2.28. The Labute approximate surface area is 128 Å². The van der Waals surface area contributed by atoms with Crippen LogP contribution in [0.4, 0.5) is 0 Å². The summed E-state index contributed by atoms with van der Waals surface area (Å²) in [5, 5.41) is 9.19. The molecular weight excluding hydrogens is 322 g/mol. The molecule has 0 saturated carbocycles. The minimum Gasteiger partial charge on any atom is -0.481 e. The first kappa shape index (κ1) is 17.3. The van der Waals surface area contributed by atoms with Crippen LogP contribution in [0.3, 0.4) is 0 Å². The topological polar surface area (TPSA) is 74.7 Å². The average molecular weight is 338 g/mol. The maximum atomic E-state index is 12.3. The second kappa shape index (κ2) is 6.80. The van der Waals surface area contributed by atoms with Gasteiger partial charge in [-0.05, 0) is 24.5 Å². The highest BCUT2D eigenvalue weighted by Gasteiger charge is 2.25. The number of carboxylic acids is 1. The van der Waals surface area contributed by atoms with Crippen LogP contribution >= 0.6 is 23.4 Å². The van der Waals surface area contributed by atoms with Crippen LogP contribution in [-0.4, -0.2) is 43.6 Å². The number of carbonyl (C=O) groups is 1. The van der Waals surface area contributed by atoms with E-state index in [1.54, 1.807) is 6.07 Å². The van der Waals surface area contributed by atoms with Gasteiger partial charge in [0.1, 0.15) is 0 Å². The van der Waals surface area contributed by atoms with Crippen LogP contribution in [0.15, 0.2) is 28.0 Å². The second-order valence-electron chi connectivity index (χ2n) is 4.32. The molecule has 0 fully saturated rings. The Morgan fingerprint density at radius 1 is 1.50 bits per heavy atom. The smallest absolute Gasteiger partial charge is 0.307 e. The van der Waals surface area contributed by atoms with Gasteiger partial charge in [0.15, 0.2) is 0 Å². The molecular formula is C12H16ClNO4S2. The fraction of sp³-hybridized carbons (Fsp3) is 0.417. The molecule has 5 nitrogen and oxygen atoms in total. The predicted octanol–water partition coefficient (Wildman–Crippen LogP) is 2.40. The molecule has 1 unspecified atom stereocenters. The summed E-state index contributed by atoms with van der Waals surface area (Å²) in [5.41, 5.74) is 0. The first-order valence-corrected chi connectivity index (χ1v) is 8.77. The molecule has 20 heavy (non-hydrogen) atoms. The first-order chi connectivity index (χ1) is 9.20. The zero-order valence-corrected chi connectivity index (χ0v) is 13.7. The van der Waals surface area contributed by atoms with Crippen LogP contribution in [0.2, 0.25) is 5.02 Å². The number of hydrogen-bond acceptors (Lipinski definition) is 4. The molecule has 0 bridgehead atoms. The van der Waals surface area contributed by atoms with E-state index in [-0.39, 0.29) is 11.4 Å². The molecule has 0 heterocycles. The highest BCUT2D eigenvalue weighted by atomic mass is 35.5. The van der Waals surface area contributed by atoms with Crippen LogP contribution < -0.4 is 0 Å². The number of halogens is 1. The van der Waals surface area contributed by atoms with Crippen molar-refractivity contribution in [1.82, 2.24) is 4.31 Å². The van der Waals surface area contributed by atoms with Crippen molar-refractivity contribution in [2.24, 2.45) is 5.92 Å². The van der Waals surface area contributed by atoms with E-state index >= 15 is 0 Å². The summed E-state index contributed by atoms with van der Waals surface area (Å²) in [6, 6.07) is 4.48. The Balaban J connectivity index is 3.04. The lowest BCUT2D eigenvalue weighted by molar-refractivity contribution is -0.141. The molecule has 0 aromatic heterocycles. The third-order valence-corrected chi connectivity index (χ3v) is 5.82. The predicted molar refractivity (Wildman–Crippen MR) is 79.8 cm³/mol. The number of rotatable bonds is 6. The molecule has 1 aromatic carbocycles. The SMILES string of the molecule is CSc1ccc(S(=O)(=O)N(C)CC(C)C(=O)O)cc1Cl. The van der Waals surface area contributed by atoms with E-state index in [1.165, 1.54) is 37.9 Å². The quantitative estimate of drug-likeness (QED) is 0.807. The van der Waals surface area contributed by atoms with E-state index in [2.05, 4.69) is 0 Å². The molecule has 0 saturated heterocycles. The third kappa shape index (κ3) is 3.88. The number of aliphatic carboxylic acids is 1. The molecule has 112 valence electrons. The first-order valence-electron chi connectivity index (χ1n) is 5.72. The van der Waals surface area contributed by atoms with Crippen LogP contribution in [0.1, 0.15) is 6.92 Å². The summed E-state index contributed by atoms with van der Waals surface area (Å²) in [4.78, 5) is 11.6. The van der Waals surface area contributed by atoms with Crippen molar-refractivity contribution in [3.8, 4) is 0 Å². The number of carboxylic acid groups (broad SMARTS) is 1. The van der Waals surface area contributed by atoms with Crippen molar-refractivity contribution in [3.05, 3.63) is 23.2 Å². The normalized spacial score (nSPS) is 13.4. The summed E-state index contributed by atoms with van der Waals surface area (Å²) >= 11 is 7.42. The number of sulfonamides is 1. The lowest BCUT2D eigenvalue weighted by Crippen LogP contribution is -2.33. The van der Waals surface area contributed by atoms with Crippen LogP contribution in [0.25, 0.3) is 0 Å². The summed E-state index contributed by atoms with van der Waals surface area (Å²) in [7, 11) is -2.39. The summed E-state index contributed by atoms with van der Waals surface area (Å²) in [6.07, 6.45) is 1.84. The van der Waals surface area contributed by atoms with Gasteiger partial charge in [0.2, 0.25) is 10.0 Å². The van der Waals surface area contributed by atoms with Gasteiger partial charge in [-0.15, -0.1) is 11.8 Å². The van der Waals surface area contributed by atoms with Crippen molar-refractivity contribution in [2.45, 2.75) is 16.7 Å². The molecule has 1 atom stereocenters. The molecule has 0 radical (unpaired) electrons. The maximum Gasteiger partial charge on any atom is 0.307 e. The van der Waals surface area contributed by atoms with Crippen LogP contribution in [0.5, 0.6) is 0 Å². The number of hydrogen-bond donors (Lipinski definition) is 1. The summed E-state index contributed by atoms with van der Waals surface area (Å²) < 4.78 is 25.6. The van der Waals surface area contributed by atoms with Crippen LogP contribution in [0, 0.1) is 5.92 Å². The fourth-order valence-electron chi connectivity index (χ4n) is 1.55. The second-order valence-corrected chi connectivity index (χ2v) is 7.62. The summed E-state index contributed by atoms with van der Waals surface area (Å²) in [5.74, 6) is -1.82. The van der Waals surface area contributed by atoms with Crippen molar-refractivity contribution in [3.63, 3.8) is 0 Å². The van der Waals surface area contributed by atoms with Gasteiger partial charge in [0.25, 0.3) is 0 Å². The van der Waals surface area contributed by atoms with Crippen LogP contribution in [-0.2, 0) is 14.8 Å². The van der Waals surface area contributed by atoms with E-state index in [9.17, 15) is 13.2 Å². The monoisotopic (exact) mass is 337 g/mol.